The van der Waals surface area contributed by atoms with E-state index in [9.17, 15) is 9.59 Å². The largest absolute Gasteiger partial charge is 0.466 e. The van der Waals surface area contributed by atoms with Crippen LogP contribution in [0.4, 0.5) is 5.69 Å². The molecule has 0 saturated carbocycles. The van der Waals surface area contributed by atoms with Crippen molar-refractivity contribution >= 4 is 23.5 Å². The van der Waals surface area contributed by atoms with Crippen LogP contribution in [0.1, 0.15) is 25.8 Å². The Labute approximate surface area is 170 Å². The van der Waals surface area contributed by atoms with Gasteiger partial charge in [-0.2, -0.15) is 0 Å². The molecule has 1 saturated heterocycles. The maximum atomic E-state index is 12.7. The zero-order valence-corrected chi connectivity index (χ0v) is 17.1. The number of amidine groups is 1. The minimum absolute atomic E-state index is 0.145. The summed E-state index contributed by atoms with van der Waals surface area (Å²) in [6, 6.07) is 7.75. The number of morpholine rings is 1. The van der Waals surface area contributed by atoms with Crippen LogP contribution in [0.25, 0.3) is 0 Å². The second-order valence-electron chi connectivity index (χ2n) is 6.63. The molecule has 3 rings (SSSR count). The molecule has 0 spiro atoms. The fourth-order valence-electron chi connectivity index (χ4n) is 3.38. The fourth-order valence-corrected chi connectivity index (χ4v) is 3.38. The molecular weight excluding hydrogens is 378 g/mol. The highest BCUT2D eigenvalue weighted by Gasteiger charge is 2.51. The zero-order chi connectivity index (χ0) is 20.9. The van der Waals surface area contributed by atoms with Crippen LogP contribution < -0.4 is 4.90 Å². The first-order chi connectivity index (χ1) is 14.0. The lowest BCUT2D eigenvalue weighted by molar-refractivity contribution is -0.207. The van der Waals surface area contributed by atoms with E-state index in [1.54, 1.807) is 20.9 Å². The molecule has 0 bridgehead atoms. The Kier molecular flexibility index (Phi) is 6.71. The Balaban J connectivity index is 1.99. The summed E-state index contributed by atoms with van der Waals surface area (Å²) < 4.78 is 15.6. The van der Waals surface area contributed by atoms with Gasteiger partial charge in [-0.3, -0.25) is 4.79 Å². The van der Waals surface area contributed by atoms with Gasteiger partial charge < -0.3 is 19.1 Å². The Hall–Kier alpha value is -2.65. The average molecular weight is 405 g/mol. The van der Waals surface area contributed by atoms with E-state index in [-0.39, 0.29) is 19.6 Å². The molecule has 1 aromatic carbocycles. The lowest BCUT2D eigenvalue weighted by Crippen LogP contribution is -2.43. The molecule has 9 nitrogen and oxygen atoms in total. The molecule has 1 atom stereocenters. The average Bonchev–Trinajstić information content (AvgIpc) is 3.06. The monoisotopic (exact) mass is 405 g/mol. The number of hydrogen-bond donors (Lipinski definition) is 0. The standard InChI is InChI=1S/C20H27N3O6/c1-4-27-17(24)14-20(19(25)28-5-2)21-18(22(3)29-20)15-8-6-7-9-16(15)23-10-12-26-13-11-23/h6-9H,4-5,10-14H2,1-3H3. The summed E-state index contributed by atoms with van der Waals surface area (Å²) in [5, 5.41) is 1.41. The van der Waals surface area contributed by atoms with Crippen LogP contribution in [-0.4, -0.2) is 75.1 Å². The third kappa shape index (κ3) is 4.51. The second-order valence-corrected chi connectivity index (χ2v) is 6.63. The highest BCUT2D eigenvalue weighted by atomic mass is 16.7. The molecule has 2 aliphatic rings. The van der Waals surface area contributed by atoms with E-state index in [0.29, 0.717) is 19.0 Å². The summed E-state index contributed by atoms with van der Waals surface area (Å²) in [6.07, 6.45) is -0.368. The van der Waals surface area contributed by atoms with Gasteiger partial charge in [0.05, 0.1) is 26.4 Å². The van der Waals surface area contributed by atoms with Crippen molar-refractivity contribution in [2.45, 2.75) is 26.0 Å². The van der Waals surface area contributed by atoms with Crippen LogP contribution in [0.2, 0.25) is 0 Å². The summed E-state index contributed by atoms with van der Waals surface area (Å²) in [7, 11) is 1.65. The van der Waals surface area contributed by atoms with Gasteiger partial charge in [0.25, 0.3) is 5.72 Å². The van der Waals surface area contributed by atoms with Crippen molar-refractivity contribution in [2.24, 2.45) is 4.99 Å². The van der Waals surface area contributed by atoms with E-state index in [4.69, 9.17) is 19.0 Å². The molecule has 0 amide bonds. The lowest BCUT2D eigenvalue weighted by Gasteiger charge is -2.31. The minimum Gasteiger partial charge on any atom is -0.466 e. The highest BCUT2D eigenvalue weighted by Crippen LogP contribution is 2.33. The molecule has 158 valence electrons. The van der Waals surface area contributed by atoms with Crippen molar-refractivity contribution in [1.29, 1.82) is 0 Å². The summed E-state index contributed by atoms with van der Waals surface area (Å²) in [4.78, 5) is 37.4. The molecule has 0 aromatic heterocycles. The molecule has 1 unspecified atom stereocenters. The summed E-state index contributed by atoms with van der Waals surface area (Å²) in [6.45, 7) is 6.51. The van der Waals surface area contributed by atoms with E-state index in [1.165, 1.54) is 5.06 Å². The van der Waals surface area contributed by atoms with E-state index in [0.717, 1.165) is 24.3 Å². The molecule has 29 heavy (non-hydrogen) atoms. The van der Waals surface area contributed by atoms with Crippen LogP contribution in [0.5, 0.6) is 0 Å². The summed E-state index contributed by atoms with van der Waals surface area (Å²) >= 11 is 0. The van der Waals surface area contributed by atoms with Crippen molar-refractivity contribution < 1.29 is 28.6 Å². The van der Waals surface area contributed by atoms with Crippen molar-refractivity contribution in [2.75, 3.05) is 51.5 Å². The molecular formula is C20H27N3O6. The van der Waals surface area contributed by atoms with Crippen LogP contribution in [0.15, 0.2) is 29.3 Å². The third-order valence-corrected chi connectivity index (χ3v) is 4.65. The number of aliphatic imine (C=N–C) groups is 1. The van der Waals surface area contributed by atoms with Gasteiger partial charge in [0.2, 0.25) is 0 Å². The van der Waals surface area contributed by atoms with Crippen LogP contribution in [0.3, 0.4) is 0 Å². The van der Waals surface area contributed by atoms with Gasteiger partial charge in [-0.25, -0.2) is 19.7 Å². The zero-order valence-electron chi connectivity index (χ0n) is 17.1. The molecule has 0 radical (unpaired) electrons. The van der Waals surface area contributed by atoms with Gasteiger partial charge in [-0.1, -0.05) is 12.1 Å². The minimum atomic E-state index is -1.80. The van der Waals surface area contributed by atoms with Crippen molar-refractivity contribution in [3.63, 3.8) is 0 Å². The molecule has 0 N–H and O–H groups in total. The van der Waals surface area contributed by atoms with Gasteiger partial charge in [0.15, 0.2) is 5.84 Å². The normalized spacial score (nSPS) is 21.7. The number of carbonyl (C=O) groups is 2. The molecule has 2 heterocycles. The fraction of sp³-hybridized carbons (Fsp3) is 0.550. The first-order valence-electron chi connectivity index (χ1n) is 9.78. The molecule has 2 aliphatic heterocycles. The summed E-state index contributed by atoms with van der Waals surface area (Å²) in [5.41, 5.74) is -0.0440. The number of rotatable bonds is 7. The van der Waals surface area contributed by atoms with Gasteiger partial charge in [0.1, 0.15) is 6.42 Å². The maximum Gasteiger partial charge on any atom is 0.364 e. The van der Waals surface area contributed by atoms with E-state index in [2.05, 4.69) is 9.89 Å². The number of hydroxylamine groups is 2. The number of carbonyl (C=O) groups excluding carboxylic acids is 2. The molecule has 9 heteroatoms. The topological polar surface area (TPSA) is 89.9 Å². The van der Waals surface area contributed by atoms with Crippen LogP contribution in [-0.2, 0) is 28.6 Å². The number of esters is 2. The second kappa shape index (κ2) is 9.23. The Morgan fingerprint density at radius 2 is 1.83 bits per heavy atom. The molecule has 0 aliphatic carbocycles. The lowest BCUT2D eigenvalue weighted by atomic mass is 10.1. The first kappa shape index (κ1) is 21.1. The van der Waals surface area contributed by atoms with E-state index >= 15 is 0 Å². The van der Waals surface area contributed by atoms with Crippen molar-refractivity contribution in [3.8, 4) is 0 Å². The number of hydrogen-bond acceptors (Lipinski definition) is 9. The van der Waals surface area contributed by atoms with Gasteiger partial charge in [-0.15, -0.1) is 0 Å². The van der Waals surface area contributed by atoms with Gasteiger partial charge in [0, 0.05) is 31.4 Å². The van der Waals surface area contributed by atoms with Crippen LogP contribution >= 0.6 is 0 Å². The van der Waals surface area contributed by atoms with Gasteiger partial charge in [-0.05, 0) is 26.0 Å². The number of ether oxygens (including phenoxy) is 3. The predicted molar refractivity (Wildman–Crippen MR) is 105 cm³/mol. The number of para-hydroxylation sites is 1. The maximum absolute atomic E-state index is 12.7. The number of anilines is 1. The summed E-state index contributed by atoms with van der Waals surface area (Å²) in [5.74, 6) is -0.858. The third-order valence-electron chi connectivity index (χ3n) is 4.65. The smallest absolute Gasteiger partial charge is 0.364 e. The highest BCUT2D eigenvalue weighted by molar-refractivity contribution is 6.06. The van der Waals surface area contributed by atoms with Crippen molar-refractivity contribution in [3.05, 3.63) is 29.8 Å². The van der Waals surface area contributed by atoms with Crippen molar-refractivity contribution in [1.82, 2.24) is 5.06 Å². The number of benzene rings is 1. The SMILES string of the molecule is CCOC(=O)CC1(C(=O)OCC)N=C(c2ccccc2N2CCOCC2)N(C)O1. The first-order valence-corrected chi connectivity index (χ1v) is 9.78. The molecule has 1 aromatic rings. The quantitative estimate of drug-likeness (QED) is 0.628. The molecule has 1 fully saturated rings. The Morgan fingerprint density at radius 3 is 2.52 bits per heavy atom. The Morgan fingerprint density at radius 1 is 1.14 bits per heavy atom. The van der Waals surface area contributed by atoms with E-state index in [1.807, 2.05) is 24.3 Å². The van der Waals surface area contributed by atoms with Crippen LogP contribution in [0, 0.1) is 0 Å². The van der Waals surface area contributed by atoms with Gasteiger partial charge >= 0.3 is 11.9 Å². The number of nitrogens with zero attached hydrogens (tertiary/aromatic N) is 3. The van der Waals surface area contributed by atoms with E-state index < -0.39 is 17.7 Å². The predicted octanol–water partition coefficient (Wildman–Crippen LogP) is 1.36. The Bertz CT molecular complexity index is 777.